The smallest absolute Gasteiger partial charge is 0.00714 e. The van der Waals surface area contributed by atoms with Crippen LogP contribution in [0.3, 0.4) is 0 Å². The molecule has 0 amide bonds. The van der Waals surface area contributed by atoms with E-state index in [1.807, 2.05) is 6.92 Å². The Bertz CT molecular complexity index is 271. The zero-order chi connectivity index (χ0) is 12.0. The van der Waals surface area contributed by atoms with Gasteiger partial charge in [0.15, 0.2) is 0 Å². The van der Waals surface area contributed by atoms with Crippen LogP contribution in [0.5, 0.6) is 0 Å². The van der Waals surface area contributed by atoms with Crippen LogP contribution in [-0.4, -0.2) is 6.54 Å². The summed E-state index contributed by atoms with van der Waals surface area (Å²) in [6.07, 6.45) is 2.13. The molecule has 0 fully saturated rings. The molecular weight excluding hydrogens is 182 g/mol. The van der Waals surface area contributed by atoms with Crippen LogP contribution in [0.1, 0.15) is 40.5 Å². The lowest BCUT2D eigenvalue weighted by Crippen LogP contribution is -2.11. The summed E-state index contributed by atoms with van der Waals surface area (Å²) >= 11 is 0. The minimum atomic E-state index is 0.518. The molecular formula is C14H25N. The molecule has 0 aromatic heterocycles. The van der Waals surface area contributed by atoms with Gasteiger partial charge in [-0.2, -0.15) is 0 Å². The van der Waals surface area contributed by atoms with E-state index in [2.05, 4.69) is 33.9 Å². The van der Waals surface area contributed by atoms with Gasteiger partial charge in [0.2, 0.25) is 0 Å². The van der Waals surface area contributed by atoms with Crippen molar-refractivity contribution in [3.05, 3.63) is 35.5 Å². The van der Waals surface area contributed by atoms with E-state index in [0.717, 1.165) is 25.0 Å². The molecule has 0 bridgehead atoms. The zero-order valence-electron chi connectivity index (χ0n) is 10.7. The van der Waals surface area contributed by atoms with E-state index in [4.69, 9.17) is 5.73 Å². The predicted molar refractivity (Wildman–Crippen MR) is 69.8 cm³/mol. The maximum atomic E-state index is 5.60. The first kappa shape index (κ1) is 14.2. The molecule has 0 aliphatic rings. The number of nitrogens with two attached hydrogens (primary N) is 1. The van der Waals surface area contributed by atoms with Gasteiger partial charge in [0.1, 0.15) is 0 Å². The summed E-state index contributed by atoms with van der Waals surface area (Å²) in [5.74, 6) is 0.518. The van der Waals surface area contributed by atoms with E-state index in [-0.39, 0.29) is 0 Å². The molecule has 0 spiro atoms. The second kappa shape index (κ2) is 6.62. The third kappa shape index (κ3) is 4.05. The van der Waals surface area contributed by atoms with E-state index in [9.17, 15) is 0 Å². The fraction of sp³-hybridized carbons (Fsp3) is 0.571. The van der Waals surface area contributed by atoms with Gasteiger partial charge in [-0.25, -0.2) is 0 Å². The average Bonchev–Trinajstić information content (AvgIpc) is 2.22. The Labute approximate surface area is 94.8 Å². The standard InChI is InChI=1S/C14H25N/c1-7-14(8-9-15)13(6)12(5)11(4)10(2)3/h14H,2,6-9,15H2,1,3-5H3/b12-11-. The fourth-order valence-electron chi connectivity index (χ4n) is 1.69. The Kier molecular flexibility index (Phi) is 6.26. The second-order valence-corrected chi connectivity index (χ2v) is 4.24. The third-order valence-corrected chi connectivity index (χ3v) is 3.19. The highest BCUT2D eigenvalue weighted by molar-refractivity contribution is 5.40. The quantitative estimate of drug-likeness (QED) is 0.658. The monoisotopic (exact) mass is 207 g/mol. The molecule has 0 saturated carbocycles. The maximum absolute atomic E-state index is 5.60. The van der Waals surface area contributed by atoms with Crippen LogP contribution >= 0.6 is 0 Å². The van der Waals surface area contributed by atoms with Crippen molar-refractivity contribution in [1.29, 1.82) is 0 Å². The molecule has 1 atom stereocenters. The molecule has 1 heteroatoms. The molecule has 0 saturated heterocycles. The molecule has 0 aromatic rings. The van der Waals surface area contributed by atoms with E-state index in [1.165, 1.54) is 16.7 Å². The van der Waals surface area contributed by atoms with Gasteiger partial charge in [-0.15, -0.1) is 0 Å². The highest BCUT2D eigenvalue weighted by atomic mass is 14.5. The molecule has 2 N–H and O–H groups in total. The van der Waals surface area contributed by atoms with Crippen LogP contribution in [0.25, 0.3) is 0 Å². The summed E-state index contributed by atoms with van der Waals surface area (Å²) in [5, 5.41) is 0. The minimum absolute atomic E-state index is 0.518. The lowest BCUT2D eigenvalue weighted by molar-refractivity contribution is 0.556. The molecule has 1 unspecified atom stereocenters. The van der Waals surface area contributed by atoms with Crippen molar-refractivity contribution >= 4 is 0 Å². The number of allylic oxidation sites excluding steroid dienone is 4. The first-order valence-corrected chi connectivity index (χ1v) is 5.68. The lowest BCUT2D eigenvalue weighted by Gasteiger charge is -2.19. The summed E-state index contributed by atoms with van der Waals surface area (Å²) in [7, 11) is 0. The van der Waals surface area contributed by atoms with Crippen molar-refractivity contribution in [3.63, 3.8) is 0 Å². The normalized spacial score (nSPS) is 14.5. The van der Waals surface area contributed by atoms with Crippen molar-refractivity contribution in [1.82, 2.24) is 0 Å². The van der Waals surface area contributed by atoms with Gasteiger partial charge in [-0.3, -0.25) is 0 Å². The number of hydrogen-bond acceptors (Lipinski definition) is 1. The van der Waals surface area contributed by atoms with Gasteiger partial charge in [-0.05, 0) is 62.8 Å². The van der Waals surface area contributed by atoms with Crippen LogP contribution in [0.2, 0.25) is 0 Å². The van der Waals surface area contributed by atoms with Gasteiger partial charge in [0.05, 0.1) is 0 Å². The summed E-state index contributed by atoms with van der Waals surface area (Å²) in [6, 6.07) is 0. The summed E-state index contributed by atoms with van der Waals surface area (Å²) in [4.78, 5) is 0. The first-order chi connectivity index (χ1) is 6.95. The van der Waals surface area contributed by atoms with Gasteiger partial charge >= 0.3 is 0 Å². The molecule has 0 heterocycles. The van der Waals surface area contributed by atoms with Crippen molar-refractivity contribution in [3.8, 4) is 0 Å². The molecule has 86 valence electrons. The van der Waals surface area contributed by atoms with Crippen molar-refractivity contribution in [2.45, 2.75) is 40.5 Å². The van der Waals surface area contributed by atoms with E-state index < -0.39 is 0 Å². The van der Waals surface area contributed by atoms with Crippen LogP contribution in [0.15, 0.2) is 35.5 Å². The highest BCUT2D eigenvalue weighted by Crippen LogP contribution is 2.27. The maximum Gasteiger partial charge on any atom is -0.00714 e. The topological polar surface area (TPSA) is 26.0 Å². The highest BCUT2D eigenvalue weighted by Gasteiger charge is 2.12. The average molecular weight is 207 g/mol. The fourth-order valence-corrected chi connectivity index (χ4v) is 1.69. The summed E-state index contributed by atoms with van der Waals surface area (Å²) in [5.41, 5.74) is 10.5. The SMILES string of the molecule is C=C(C)/C(C)=C(/C)C(=C)C(CC)CCN. The van der Waals surface area contributed by atoms with Crippen molar-refractivity contribution in [2.24, 2.45) is 11.7 Å². The molecule has 0 aliphatic heterocycles. The number of hydrogen-bond donors (Lipinski definition) is 1. The van der Waals surface area contributed by atoms with Crippen LogP contribution in [0.4, 0.5) is 0 Å². The molecule has 1 nitrogen and oxygen atoms in total. The molecule has 0 aromatic carbocycles. The third-order valence-electron chi connectivity index (χ3n) is 3.19. The lowest BCUT2D eigenvalue weighted by atomic mass is 9.86. The van der Waals surface area contributed by atoms with Gasteiger partial charge in [-0.1, -0.05) is 25.7 Å². The van der Waals surface area contributed by atoms with Crippen LogP contribution in [-0.2, 0) is 0 Å². The molecule has 0 rings (SSSR count). The van der Waals surface area contributed by atoms with Crippen molar-refractivity contribution in [2.75, 3.05) is 6.54 Å². The summed E-state index contributed by atoms with van der Waals surface area (Å²) in [6.45, 7) is 17.4. The first-order valence-electron chi connectivity index (χ1n) is 5.68. The largest absolute Gasteiger partial charge is 0.330 e. The Morgan fingerprint density at radius 3 is 2.00 bits per heavy atom. The Morgan fingerprint density at radius 1 is 1.13 bits per heavy atom. The van der Waals surface area contributed by atoms with E-state index in [1.54, 1.807) is 0 Å². The molecule has 0 radical (unpaired) electrons. The van der Waals surface area contributed by atoms with Crippen LogP contribution < -0.4 is 5.73 Å². The predicted octanol–water partition coefficient (Wildman–Crippen LogP) is 3.83. The Balaban J connectivity index is 4.83. The summed E-state index contributed by atoms with van der Waals surface area (Å²) < 4.78 is 0. The van der Waals surface area contributed by atoms with Gasteiger partial charge < -0.3 is 5.73 Å². The van der Waals surface area contributed by atoms with Crippen LogP contribution in [0, 0.1) is 5.92 Å². The van der Waals surface area contributed by atoms with E-state index in [0.29, 0.717) is 5.92 Å². The van der Waals surface area contributed by atoms with Crippen molar-refractivity contribution < 1.29 is 0 Å². The van der Waals surface area contributed by atoms with Gasteiger partial charge in [0.25, 0.3) is 0 Å². The van der Waals surface area contributed by atoms with E-state index >= 15 is 0 Å². The molecule has 0 aliphatic carbocycles. The van der Waals surface area contributed by atoms with Gasteiger partial charge in [0, 0.05) is 0 Å². The second-order valence-electron chi connectivity index (χ2n) is 4.24. The number of rotatable bonds is 6. The Morgan fingerprint density at radius 2 is 1.67 bits per heavy atom. The molecule has 15 heavy (non-hydrogen) atoms. The minimum Gasteiger partial charge on any atom is -0.330 e. The Hall–Kier alpha value is -0.820. The zero-order valence-corrected chi connectivity index (χ0v) is 10.7.